The van der Waals surface area contributed by atoms with Gasteiger partial charge in [0.15, 0.2) is 5.82 Å². The van der Waals surface area contributed by atoms with Crippen molar-refractivity contribution in [2.75, 3.05) is 13.1 Å². The number of hydrogen-bond acceptors (Lipinski definition) is 6. The topological polar surface area (TPSA) is 77.6 Å². The van der Waals surface area contributed by atoms with E-state index >= 15 is 0 Å². The minimum absolute atomic E-state index is 0.483. The summed E-state index contributed by atoms with van der Waals surface area (Å²) in [7, 11) is 0. The Morgan fingerprint density at radius 2 is 1.91 bits per heavy atom. The van der Waals surface area contributed by atoms with E-state index in [0.29, 0.717) is 18.0 Å². The maximum absolute atomic E-state index is 4.43. The summed E-state index contributed by atoms with van der Waals surface area (Å²) in [6.07, 6.45) is 9.30. The monoisotopic (exact) mass is 314 g/mol. The van der Waals surface area contributed by atoms with E-state index in [0.717, 1.165) is 25.5 Å². The number of tetrazole rings is 1. The SMILES string of the molecule is c1nnc(C2CCCN(Cc3nnnn3C3CC3)C2)n1C1CC1. The Kier molecular flexibility index (Phi) is 3.17. The average molecular weight is 314 g/mol. The molecule has 3 heterocycles. The van der Waals surface area contributed by atoms with Crippen molar-refractivity contribution in [2.24, 2.45) is 0 Å². The lowest BCUT2D eigenvalue weighted by Gasteiger charge is -2.31. The second-order valence-corrected chi connectivity index (χ2v) is 7.17. The molecule has 1 saturated heterocycles. The molecule has 23 heavy (non-hydrogen) atoms. The molecule has 122 valence electrons. The molecule has 1 unspecified atom stereocenters. The van der Waals surface area contributed by atoms with Crippen LogP contribution < -0.4 is 0 Å². The van der Waals surface area contributed by atoms with Crippen molar-refractivity contribution in [3.05, 3.63) is 18.0 Å². The third kappa shape index (κ3) is 2.65. The van der Waals surface area contributed by atoms with Crippen molar-refractivity contribution in [3.8, 4) is 0 Å². The van der Waals surface area contributed by atoms with Crippen molar-refractivity contribution in [1.29, 1.82) is 0 Å². The van der Waals surface area contributed by atoms with Crippen LogP contribution in [0.5, 0.6) is 0 Å². The van der Waals surface area contributed by atoms with Gasteiger partial charge >= 0.3 is 0 Å². The summed E-state index contributed by atoms with van der Waals surface area (Å²) in [4.78, 5) is 2.48. The van der Waals surface area contributed by atoms with E-state index in [1.54, 1.807) is 0 Å². The van der Waals surface area contributed by atoms with Crippen LogP contribution in [0.1, 0.15) is 68.2 Å². The van der Waals surface area contributed by atoms with Crippen molar-refractivity contribution in [1.82, 2.24) is 39.9 Å². The van der Waals surface area contributed by atoms with Crippen LogP contribution in [-0.4, -0.2) is 53.0 Å². The number of nitrogens with zero attached hydrogens (tertiary/aromatic N) is 8. The minimum Gasteiger partial charge on any atom is -0.314 e. The summed E-state index contributed by atoms with van der Waals surface area (Å²) < 4.78 is 4.33. The quantitative estimate of drug-likeness (QED) is 0.828. The smallest absolute Gasteiger partial charge is 0.165 e. The Labute approximate surface area is 134 Å². The second kappa shape index (κ2) is 5.36. The van der Waals surface area contributed by atoms with E-state index in [-0.39, 0.29) is 0 Å². The molecular formula is C15H22N8. The largest absolute Gasteiger partial charge is 0.314 e. The first-order chi connectivity index (χ1) is 11.4. The van der Waals surface area contributed by atoms with Gasteiger partial charge in [0.1, 0.15) is 12.2 Å². The van der Waals surface area contributed by atoms with E-state index in [1.165, 1.54) is 44.3 Å². The number of hydrogen-bond donors (Lipinski definition) is 0. The van der Waals surface area contributed by atoms with Gasteiger partial charge in [0, 0.05) is 18.5 Å². The van der Waals surface area contributed by atoms with Gasteiger partial charge in [-0.05, 0) is 55.5 Å². The van der Waals surface area contributed by atoms with E-state index in [1.807, 2.05) is 11.0 Å². The van der Waals surface area contributed by atoms with E-state index in [4.69, 9.17) is 0 Å². The highest BCUT2D eigenvalue weighted by Crippen LogP contribution is 2.38. The molecule has 8 nitrogen and oxygen atoms in total. The highest BCUT2D eigenvalue weighted by atomic mass is 15.6. The number of piperidine rings is 1. The maximum atomic E-state index is 4.43. The minimum atomic E-state index is 0.483. The fraction of sp³-hybridized carbons (Fsp3) is 0.800. The molecule has 0 bridgehead atoms. The zero-order valence-corrected chi connectivity index (χ0v) is 13.3. The molecule has 1 aliphatic heterocycles. The normalized spacial score (nSPS) is 25.8. The molecule has 2 aromatic heterocycles. The fourth-order valence-electron chi connectivity index (χ4n) is 3.71. The third-order valence-corrected chi connectivity index (χ3v) is 5.23. The van der Waals surface area contributed by atoms with Crippen molar-refractivity contribution in [2.45, 2.75) is 63.1 Å². The van der Waals surface area contributed by atoms with Crippen LogP contribution in [0.15, 0.2) is 6.33 Å². The lowest BCUT2D eigenvalue weighted by molar-refractivity contribution is 0.187. The molecule has 1 atom stereocenters. The number of likely N-dealkylation sites (tertiary alicyclic amines) is 1. The van der Waals surface area contributed by atoms with Gasteiger partial charge in [-0.2, -0.15) is 0 Å². The van der Waals surface area contributed by atoms with E-state index in [2.05, 4.69) is 35.2 Å². The summed E-state index contributed by atoms with van der Waals surface area (Å²) in [5.41, 5.74) is 0. The van der Waals surface area contributed by atoms with Gasteiger partial charge < -0.3 is 4.57 Å². The Balaban J connectivity index is 1.30. The van der Waals surface area contributed by atoms with Gasteiger partial charge in [0.05, 0.1) is 12.6 Å². The zero-order chi connectivity index (χ0) is 15.2. The molecule has 3 aliphatic rings. The molecule has 0 aromatic carbocycles. The molecule has 8 heteroatoms. The van der Waals surface area contributed by atoms with Gasteiger partial charge in [0.25, 0.3) is 0 Å². The predicted octanol–water partition coefficient (Wildman–Crippen LogP) is 1.31. The Bertz CT molecular complexity index is 683. The molecule has 2 aromatic rings. The van der Waals surface area contributed by atoms with Gasteiger partial charge in [0.2, 0.25) is 0 Å². The molecule has 2 aliphatic carbocycles. The summed E-state index contributed by atoms with van der Waals surface area (Å²) in [6.45, 7) is 2.99. The van der Waals surface area contributed by atoms with Gasteiger partial charge in [-0.15, -0.1) is 15.3 Å². The first-order valence-electron chi connectivity index (χ1n) is 8.77. The standard InChI is InChI=1S/C15H22N8/c1-2-11(15-18-16-10-22(15)12-3-4-12)8-21(7-1)9-14-17-19-20-23(14)13-5-6-13/h10-13H,1-9H2. The van der Waals surface area contributed by atoms with Crippen LogP contribution in [0, 0.1) is 0 Å². The van der Waals surface area contributed by atoms with Crippen LogP contribution in [0.3, 0.4) is 0 Å². The molecular weight excluding hydrogens is 292 g/mol. The third-order valence-electron chi connectivity index (χ3n) is 5.23. The molecule has 0 spiro atoms. The first-order valence-corrected chi connectivity index (χ1v) is 8.77. The lowest BCUT2D eigenvalue weighted by atomic mass is 9.97. The summed E-state index contributed by atoms with van der Waals surface area (Å²) in [5.74, 6) is 2.67. The van der Waals surface area contributed by atoms with Crippen molar-refractivity contribution >= 4 is 0 Å². The van der Waals surface area contributed by atoms with Gasteiger partial charge in [-0.25, -0.2) is 4.68 Å². The van der Waals surface area contributed by atoms with E-state index < -0.39 is 0 Å². The maximum Gasteiger partial charge on any atom is 0.165 e. The molecule has 0 radical (unpaired) electrons. The highest BCUT2D eigenvalue weighted by molar-refractivity contribution is 5.04. The number of aromatic nitrogens is 7. The lowest BCUT2D eigenvalue weighted by Crippen LogP contribution is -2.35. The summed E-state index contributed by atoms with van der Waals surface area (Å²) in [5, 5.41) is 20.9. The van der Waals surface area contributed by atoms with Crippen LogP contribution in [0.2, 0.25) is 0 Å². The van der Waals surface area contributed by atoms with Gasteiger partial charge in [-0.3, -0.25) is 4.90 Å². The summed E-state index contributed by atoms with van der Waals surface area (Å²) in [6, 6.07) is 1.19. The van der Waals surface area contributed by atoms with Gasteiger partial charge in [-0.1, -0.05) is 0 Å². The highest BCUT2D eigenvalue weighted by Gasteiger charge is 2.33. The van der Waals surface area contributed by atoms with Crippen molar-refractivity contribution in [3.63, 3.8) is 0 Å². The first kappa shape index (κ1) is 13.6. The van der Waals surface area contributed by atoms with Crippen LogP contribution in [0.4, 0.5) is 0 Å². The average Bonchev–Trinajstić information content (AvgIpc) is 3.51. The molecule has 3 fully saturated rings. The fourth-order valence-corrected chi connectivity index (χ4v) is 3.71. The van der Waals surface area contributed by atoms with Crippen LogP contribution in [0.25, 0.3) is 0 Å². The Hall–Kier alpha value is -1.83. The molecule has 0 amide bonds. The zero-order valence-electron chi connectivity index (χ0n) is 13.3. The Morgan fingerprint density at radius 1 is 1.04 bits per heavy atom. The van der Waals surface area contributed by atoms with Crippen LogP contribution >= 0.6 is 0 Å². The van der Waals surface area contributed by atoms with Crippen molar-refractivity contribution < 1.29 is 0 Å². The predicted molar refractivity (Wildman–Crippen MR) is 81.6 cm³/mol. The summed E-state index contributed by atoms with van der Waals surface area (Å²) >= 11 is 0. The van der Waals surface area contributed by atoms with Crippen LogP contribution in [-0.2, 0) is 6.54 Å². The molecule has 5 rings (SSSR count). The number of rotatable bonds is 5. The Morgan fingerprint density at radius 3 is 2.74 bits per heavy atom. The molecule has 0 N–H and O–H groups in total. The van der Waals surface area contributed by atoms with E-state index in [9.17, 15) is 0 Å². The molecule has 2 saturated carbocycles. The second-order valence-electron chi connectivity index (χ2n) is 7.17.